The van der Waals surface area contributed by atoms with Gasteiger partial charge in [0.1, 0.15) is 0 Å². The fourth-order valence-corrected chi connectivity index (χ4v) is 3.32. The predicted octanol–water partition coefficient (Wildman–Crippen LogP) is 1.06. The van der Waals surface area contributed by atoms with E-state index in [9.17, 15) is 5.11 Å². The molecule has 0 atom stereocenters. The number of thiazole rings is 1. The fraction of sp³-hybridized carbons (Fsp3) is 0.583. The van der Waals surface area contributed by atoms with Crippen LogP contribution in [0.25, 0.3) is 4.96 Å². The Balaban J connectivity index is 1.87. The molecule has 0 bridgehead atoms. The van der Waals surface area contributed by atoms with Crippen molar-refractivity contribution in [3.8, 4) is 0 Å². The quantitative estimate of drug-likeness (QED) is 0.872. The van der Waals surface area contributed by atoms with Crippen molar-refractivity contribution in [3.05, 3.63) is 17.3 Å². The number of nitrogens with zero attached hydrogens (tertiary/aromatic N) is 3. The summed E-state index contributed by atoms with van der Waals surface area (Å²) in [5.74, 6) is 1.48. The highest BCUT2D eigenvalue weighted by Gasteiger charge is 2.23. The first-order valence-corrected chi connectivity index (χ1v) is 7.21. The molecule has 1 aliphatic heterocycles. The maximum atomic E-state index is 9.17. The van der Waals surface area contributed by atoms with Gasteiger partial charge in [-0.25, -0.2) is 4.98 Å². The summed E-state index contributed by atoms with van der Waals surface area (Å²) in [5.41, 5.74) is 6.95. The first-order valence-electron chi connectivity index (χ1n) is 6.33. The third-order valence-corrected chi connectivity index (χ3v) is 4.46. The molecule has 0 aromatic carbocycles. The summed E-state index contributed by atoms with van der Waals surface area (Å²) in [6.07, 6.45) is 4.09. The van der Waals surface area contributed by atoms with Crippen LogP contribution in [0.1, 0.15) is 18.5 Å². The molecule has 1 saturated heterocycles. The Hall–Kier alpha value is -1.11. The molecule has 5 nitrogen and oxygen atoms in total. The number of fused-ring (bicyclic) bond motifs is 1. The van der Waals surface area contributed by atoms with Crippen LogP contribution in [0, 0.1) is 5.92 Å². The van der Waals surface area contributed by atoms with Gasteiger partial charge in [-0.1, -0.05) is 0 Å². The van der Waals surface area contributed by atoms with Crippen molar-refractivity contribution in [1.82, 2.24) is 9.38 Å². The van der Waals surface area contributed by atoms with Gasteiger partial charge < -0.3 is 15.7 Å². The SMILES string of the molecule is NCc1c(N2CCC(CO)CC2)nc2sccn12. The normalized spacial score (nSPS) is 17.8. The third kappa shape index (κ3) is 1.90. The Bertz CT molecular complexity index is 527. The molecule has 3 N–H and O–H groups in total. The number of imidazole rings is 1. The molecule has 0 saturated carbocycles. The van der Waals surface area contributed by atoms with Gasteiger partial charge in [0.25, 0.3) is 0 Å². The van der Waals surface area contributed by atoms with Crippen molar-refractivity contribution in [2.45, 2.75) is 19.4 Å². The van der Waals surface area contributed by atoms with E-state index in [4.69, 9.17) is 5.73 Å². The molecule has 98 valence electrons. The maximum Gasteiger partial charge on any atom is 0.195 e. The van der Waals surface area contributed by atoms with E-state index in [2.05, 4.69) is 14.3 Å². The van der Waals surface area contributed by atoms with Crippen LogP contribution in [-0.2, 0) is 6.54 Å². The van der Waals surface area contributed by atoms with E-state index in [1.807, 2.05) is 11.6 Å². The second-order valence-corrected chi connectivity index (χ2v) is 5.63. The zero-order chi connectivity index (χ0) is 12.5. The second-order valence-electron chi connectivity index (χ2n) is 4.75. The van der Waals surface area contributed by atoms with E-state index in [1.165, 1.54) is 0 Å². The number of piperidine rings is 1. The fourth-order valence-electron chi connectivity index (χ4n) is 2.59. The standard InChI is InChI=1S/C12H18N4OS/c13-7-10-11(14-12-16(10)5-6-18-12)15-3-1-9(8-17)2-4-15/h5-6,9,17H,1-4,7-8,13H2. The molecule has 0 radical (unpaired) electrons. The summed E-state index contributed by atoms with van der Waals surface area (Å²) in [5, 5.41) is 11.2. The predicted molar refractivity (Wildman–Crippen MR) is 73.0 cm³/mol. The van der Waals surface area contributed by atoms with Crippen LogP contribution in [-0.4, -0.2) is 34.2 Å². The number of aliphatic hydroxyl groups is 1. The van der Waals surface area contributed by atoms with Gasteiger partial charge >= 0.3 is 0 Å². The summed E-state index contributed by atoms with van der Waals surface area (Å²) in [7, 11) is 0. The van der Waals surface area contributed by atoms with Gasteiger partial charge in [0.05, 0.1) is 5.69 Å². The first kappa shape index (κ1) is 12.0. The van der Waals surface area contributed by atoms with Crippen molar-refractivity contribution in [2.24, 2.45) is 11.7 Å². The Morgan fingerprint density at radius 1 is 1.44 bits per heavy atom. The Morgan fingerprint density at radius 2 is 2.22 bits per heavy atom. The molecule has 1 fully saturated rings. The van der Waals surface area contributed by atoms with E-state index >= 15 is 0 Å². The Morgan fingerprint density at radius 3 is 2.89 bits per heavy atom. The monoisotopic (exact) mass is 266 g/mol. The number of hydrogen-bond donors (Lipinski definition) is 2. The number of nitrogens with two attached hydrogens (primary N) is 1. The maximum absolute atomic E-state index is 9.17. The van der Waals surface area contributed by atoms with Crippen molar-refractivity contribution in [1.29, 1.82) is 0 Å². The topological polar surface area (TPSA) is 66.8 Å². The molecule has 3 rings (SSSR count). The largest absolute Gasteiger partial charge is 0.396 e. The summed E-state index contributed by atoms with van der Waals surface area (Å²) in [4.78, 5) is 7.99. The summed E-state index contributed by atoms with van der Waals surface area (Å²) < 4.78 is 2.08. The van der Waals surface area contributed by atoms with Crippen molar-refractivity contribution in [3.63, 3.8) is 0 Å². The van der Waals surface area contributed by atoms with Gasteiger partial charge in [0.2, 0.25) is 0 Å². The van der Waals surface area contributed by atoms with Crippen LogP contribution in [0.15, 0.2) is 11.6 Å². The number of hydrogen-bond acceptors (Lipinski definition) is 5. The zero-order valence-corrected chi connectivity index (χ0v) is 11.1. The van der Waals surface area contributed by atoms with Gasteiger partial charge in [-0.3, -0.25) is 4.40 Å². The molecule has 0 amide bonds. The average Bonchev–Trinajstić information content (AvgIpc) is 2.98. The lowest BCUT2D eigenvalue weighted by Gasteiger charge is -2.31. The molecule has 3 heterocycles. The first-order chi connectivity index (χ1) is 8.83. The molecule has 2 aromatic heterocycles. The number of aromatic nitrogens is 2. The third-order valence-electron chi connectivity index (χ3n) is 3.71. The number of anilines is 1. The highest BCUT2D eigenvalue weighted by Crippen LogP contribution is 2.28. The van der Waals surface area contributed by atoms with E-state index in [-0.39, 0.29) is 0 Å². The molecule has 0 spiro atoms. The van der Waals surface area contributed by atoms with Crippen molar-refractivity contribution < 1.29 is 5.11 Å². The lowest BCUT2D eigenvalue weighted by molar-refractivity contribution is 0.203. The summed E-state index contributed by atoms with van der Waals surface area (Å²) in [6, 6.07) is 0. The van der Waals surface area contributed by atoms with E-state index in [1.54, 1.807) is 11.3 Å². The van der Waals surface area contributed by atoms with E-state index in [0.717, 1.165) is 42.4 Å². The highest BCUT2D eigenvalue weighted by molar-refractivity contribution is 7.15. The number of aliphatic hydroxyl groups excluding tert-OH is 1. The van der Waals surface area contributed by atoms with Crippen LogP contribution >= 0.6 is 11.3 Å². The second kappa shape index (κ2) is 4.87. The molecule has 1 aliphatic rings. The molecular formula is C12H18N4OS. The molecule has 6 heteroatoms. The zero-order valence-electron chi connectivity index (χ0n) is 10.2. The van der Waals surface area contributed by atoms with Crippen molar-refractivity contribution in [2.75, 3.05) is 24.6 Å². The van der Waals surface area contributed by atoms with E-state index < -0.39 is 0 Å². The van der Waals surface area contributed by atoms with Gasteiger partial charge in [-0.15, -0.1) is 11.3 Å². The minimum Gasteiger partial charge on any atom is -0.396 e. The van der Waals surface area contributed by atoms with Gasteiger partial charge in [-0.05, 0) is 18.8 Å². The average molecular weight is 266 g/mol. The Labute approximate surface area is 110 Å². The smallest absolute Gasteiger partial charge is 0.195 e. The minimum absolute atomic E-state index is 0.301. The highest BCUT2D eigenvalue weighted by atomic mass is 32.1. The molecule has 2 aromatic rings. The van der Waals surface area contributed by atoms with Crippen LogP contribution in [0.2, 0.25) is 0 Å². The Kier molecular flexibility index (Phi) is 3.23. The van der Waals surface area contributed by atoms with E-state index in [0.29, 0.717) is 19.1 Å². The van der Waals surface area contributed by atoms with Gasteiger partial charge in [0.15, 0.2) is 10.8 Å². The molecular weight excluding hydrogens is 248 g/mol. The van der Waals surface area contributed by atoms with Gasteiger partial charge in [-0.2, -0.15) is 0 Å². The molecule has 18 heavy (non-hydrogen) atoms. The van der Waals surface area contributed by atoms with Crippen LogP contribution in [0.4, 0.5) is 5.82 Å². The van der Waals surface area contributed by atoms with Crippen LogP contribution in [0.5, 0.6) is 0 Å². The van der Waals surface area contributed by atoms with Gasteiger partial charge in [0, 0.05) is 37.8 Å². The lowest BCUT2D eigenvalue weighted by Crippen LogP contribution is -2.35. The van der Waals surface area contributed by atoms with Crippen LogP contribution in [0.3, 0.4) is 0 Å². The summed E-state index contributed by atoms with van der Waals surface area (Å²) in [6.45, 7) is 2.73. The number of rotatable bonds is 3. The van der Waals surface area contributed by atoms with Crippen LogP contribution < -0.4 is 10.6 Å². The molecule has 0 aliphatic carbocycles. The van der Waals surface area contributed by atoms with Crippen molar-refractivity contribution >= 4 is 22.1 Å². The molecule has 0 unspecified atom stereocenters. The lowest BCUT2D eigenvalue weighted by atomic mass is 9.98. The summed E-state index contributed by atoms with van der Waals surface area (Å²) >= 11 is 1.64. The minimum atomic E-state index is 0.301.